The Morgan fingerprint density at radius 3 is 2.56 bits per heavy atom. The minimum atomic E-state index is -0.496. The molecule has 1 amide bonds. The third-order valence-electron chi connectivity index (χ3n) is 6.74. The van der Waals surface area contributed by atoms with E-state index in [2.05, 4.69) is 30.2 Å². The van der Waals surface area contributed by atoms with Gasteiger partial charge < -0.3 is 9.88 Å². The number of imidazole rings is 1. The Morgan fingerprint density at radius 2 is 1.86 bits per heavy atom. The average Bonchev–Trinajstić information content (AvgIpc) is 3.41. The molecule has 11 heteroatoms. The van der Waals surface area contributed by atoms with E-state index in [-0.39, 0.29) is 29.7 Å². The van der Waals surface area contributed by atoms with Gasteiger partial charge in [-0.3, -0.25) is 4.79 Å². The number of halogens is 3. The number of benzene rings is 3. The maximum Gasteiger partial charge on any atom is 0.249 e. The molecule has 0 saturated carbocycles. The first-order valence-corrected chi connectivity index (χ1v) is 14.9. The zero-order chi connectivity index (χ0) is 30.9. The van der Waals surface area contributed by atoms with Crippen LogP contribution in [0, 0.1) is 23.1 Å². The molecule has 0 aliphatic carbocycles. The third kappa shape index (κ3) is 8.62. The van der Waals surface area contributed by atoms with Crippen molar-refractivity contribution in [2.75, 3.05) is 11.9 Å². The second kappa shape index (κ2) is 15.1. The van der Waals surface area contributed by atoms with Gasteiger partial charge in [-0.25, -0.2) is 19.4 Å². The number of carbonyl (C=O) groups is 1. The summed E-state index contributed by atoms with van der Waals surface area (Å²) in [5.74, 6) is -0.502. The molecule has 4 aromatic rings. The summed E-state index contributed by atoms with van der Waals surface area (Å²) >= 11 is 18.6. The van der Waals surface area contributed by atoms with Gasteiger partial charge in [0.15, 0.2) is 5.11 Å². The Bertz CT molecular complexity index is 1620. The Morgan fingerprint density at radius 1 is 1.12 bits per heavy atom. The van der Waals surface area contributed by atoms with Crippen molar-refractivity contribution in [3.63, 3.8) is 0 Å². The van der Waals surface area contributed by atoms with Gasteiger partial charge in [0.2, 0.25) is 5.91 Å². The number of hydrazine groups is 1. The van der Waals surface area contributed by atoms with Crippen molar-refractivity contribution in [1.82, 2.24) is 19.6 Å². The van der Waals surface area contributed by atoms with Gasteiger partial charge in [0.25, 0.3) is 0 Å². The van der Waals surface area contributed by atoms with Crippen LogP contribution in [-0.4, -0.2) is 37.1 Å². The molecule has 3 aromatic carbocycles. The fourth-order valence-corrected chi connectivity index (χ4v) is 5.11. The lowest BCUT2D eigenvalue weighted by Crippen LogP contribution is -2.52. The largest absolute Gasteiger partial charge is 0.330 e. The zero-order valence-electron chi connectivity index (χ0n) is 23.8. The molecule has 7 nitrogen and oxygen atoms in total. The number of hydrogen-bond acceptors (Lipinski definition) is 5. The molecule has 222 valence electrons. The predicted octanol–water partition coefficient (Wildman–Crippen LogP) is 7.48. The first-order chi connectivity index (χ1) is 20.7. The molecule has 1 aromatic heterocycles. The lowest BCUT2D eigenvalue weighted by molar-refractivity contribution is -0.139. The average molecular weight is 638 g/mol. The number of para-hydroxylation sites is 1. The lowest BCUT2D eigenvalue weighted by Gasteiger charge is -2.36. The van der Waals surface area contributed by atoms with E-state index in [0.717, 1.165) is 17.5 Å². The molecule has 0 fully saturated rings. The monoisotopic (exact) mass is 636 g/mol. The van der Waals surface area contributed by atoms with Crippen LogP contribution in [0.5, 0.6) is 0 Å². The molecule has 0 aliphatic rings. The first kappa shape index (κ1) is 32.1. The van der Waals surface area contributed by atoms with Crippen LogP contribution in [0.4, 0.5) is 10.1 Å². The summed E-state index contributed by atoms with van der Waals surface area (Å²) in [5.41, 5.74) is 3.06. The summed E-state index contributed by atoms with van der Waals surface area (Å²) in [6, 6.07) is 20.8. The number of nitrogens with zero attached hydrogens (tertiary/aromatic N) is 5. The maximum absolute atomic E-state index is 14.6. The number of hydrogen-bond donors (Lipinski definition) is 1. The van der Waals surface area contributed by atoms with Crippen LogP contribution in [-0.2, 0) is 24.3 Å². The van der Waals surface area contributed by atoms with E-state index < -0.39 is 5.82 Å². The molecule has 0 aliphatic heterocycles. The molecule has 0 atom stereocenters. The van der Waals surface area contributed by atoms with Crippen molar-refractivity contribution in [2.45, 2.75) is 39.8 Å². The molecule has 0 spiro atoms. The molecule has 0 bridgehead atoms. The third-order valence-corrected chi connectivity index (χ3v) is 7.88. The predicted molar refractivity (Wildman–Crippen MR) is 172 cm³/mol. The molecule has 1 N–H and O–H groups in total. The molecule has 0 radical (unpaired) electrons. The van der Waals surface area contributed by atoms with Crippen molar-refractivity contribution in [2.24, 2.45) is 5.92 Å². The number of nitriles is 1. The number of rotatable bonds is 11. The van der Waals surface area contributed by atoms with Crippen LogP contribution in [0.15, 0.2) is 79.3 Å². The van der Waals surface area contributed by atoms with Crippen molar-refractivity contribution in [3.8, 4) is 6.07 Å². The minimum Gasteiger partial charge on any atom is -0.330 e. The molecule has 4 rings (SSSR count). The Balaban J connectivity index is 1.66. The summed E-state index contributed by atoms with van der Waals surface area (Å²) in [4.78, 5) is 18.4. The standard InChI is InChI=1S/C32H31Cl2FN6OS/c1-22(2)14-15-40(20-25-6-5-7-27(33)31(25)34)41(32(43)38-29-9-4-3-8-28(29)35)30(42)16-26-18-37-21-39(26)19-24-12-10-23(17-36)11-13-24/h3-13,18,21-22H,14-16,19-20H2,1-2H3,(H,38,43). The summed E-state index contributed by atoms with van der Waals surface area (Å²) < 4.78 is 16.5. The van der Waals surface area contributed by atoms with Crippen LogP contribution in [0.1, 0.15) is 42.7 Å². The van der Waals surface area contributed by atoms with Crippen molar-refractivity contribution < 1.29 is 9.18 Å². The fourth-order valence-electron chi connectivity index (χ4n) is 4.40. The van der Waals surface area contributed by atoms with Gasteiger partial charge in [-0.1, -0.05) is 73.4 Å². The highest BCUT2D eigenvalue weighted by Crippen LogP contribution is 2.28. The summed E-state index contributed by atoms with van der Waals surface area (Å²) in [7, 11) is 0. The van der Waals surface area contributed by atoms with E-state index in [1.807, 2.05) is 27.8 Å². The molecular weight excluding hydrogens is 606 g/mol. The first-order valence-electron chi connectivity index (χ1n) is 13.7. The van der Waals surface area contributed by atoms with Crippen LogP contribution in [0.25, 0.3) is 0 Å². The Kier molecular flexibility index (Phi) is 11.3. The number of carbonyl (C=O) groups excluding carboxylic acids is 1. The van der Waals surface area contributed by atoms with Gasteiger partial charge in [-0.05, 0) is 66.0 Å². The van der Waals surface area contributed by atoms with Gasteiger partial charge in [-0.15, -0.1) is 0 Å². The van der Waals surface area contributed by atoms with E-state index >= 15 is 0 Å². The number of anilines is 1. The van der Waals surface area contributed by atoms with Gasteiger partial charge in [0, 0.05) is 31.5 Å². The highest BCUT2D eigenvalue weighted by Gasteiger charge is 2.28. The second-order valence-electron chi connectivity index (χ2n) is 10.4. The van der Waals surface area contributed by atoms with E-state index in [1.165, 1.54) is 11.1 Å². The number of thiocarbonyl (C=S) groups is 1. The molecule has 43 heavy (non-hydrogen) atoms. The minimum absolute atomic E-state index is 0.0233. The summed E-state index contributed by atoms with van der Waals surface area (Å²) in [6.45, 7) is 5.35. The molecule has 0 saturated heterocycles. The molecular formula is C32H31Cl2FN6OS. The highest BCUT2D eigenvalue weighted by molar-refractivity contribution is 7.80. The topological polar surface area (TPSA) is 77.2 Å². The number of aromatic nitrogens is 2. The highest BCUT2D eigenvalue weighted by atomic mass is 35.5. The molecule has 0 unspecified atom stereocenters. The SMILES string of the molecule is CC(C)CCN(Cc1cccc(Cl)c1Cl)N(C(=O)Cc1cncn1Cc1ccc(C#N)cc1)C(=S)Nc1ccccc1F. The van der Waals surface area contributed by atoms with Gasteiger partial charge in [0.05, 0.1) is 40.1 Å². The quantitative estimate of drug-likeness (QED) is 0.136. The van der Waals surface area contributed by atoms with E-state index in [4.69, 9.17) is 40.7 Å². The van der Waals surface area contributed by atoms with Gasteiger partial charge in [0.1, 0.15) is 5.82 Å². The second-order valence-corrected chi connectivity index (χ2v) is 11.6. The number of nitrogens with one attached hydrogen (secondary N) is 1. The van der Waals surface area contributed by atoms with Crippen LogP contribution in [0.2, 0.25) is 10.0 Å². The summed E-state index contributed by atoms with van der Waals surface area (Å²) in [6.07, 6.45) is 4.01. The van der Waals surface area contributed by atoms with E-state index in [9.17, 15) is 9.18 Å². The maximum atomic E-state index is 14.6. The van der Waals surface area contributed by atoms with Crippen molar-refractivity contribution in [3.05, 3.63) is 118 Å². The van der Waals surface area contributed by atoms with Crippen LogP contribution >= 0.6 is 35.4 Å². The van der Waals surface area contributed by atoms with Crippen molar-refractivity contribution >= 4 is 52.1 Å². The number of amides is 1. The van der Waals surface area contributed by atoms with Gasteiger partial charge in [-0.2, -0.15) is 5.26 Å². The smallest absolute Gasteiger partial charge is 0.249 e. The van der Waals surface area contributed by atoms with E-state index in [0.29, 0.717) is 40.3 Å². The summed E-state index contributed by atoms with van der Waals surface area (Å²) in [5, 5.41) is 16.1. The Hall–Kier alpha value is -3.81. The lowest BCUT2D eigenvalue weighted by atomic mass is 10.1. The Labute approximate surface area is 266 Å². The van der Waals surface area contributed by atoms with Gasteiger partial charge >= 0.3 is 0 Å². The van der Waals surface area contributed by atoms with Crippen LogP contribution in [0.3, 0.4) is 0 Å². The van der Waals surface area contributed by atoms with Crippen molar-refractivity contribution in [1.29, 1.82) is 5.26 Å². The molecule has 1 heterocycles. The fraction of sp³-hybridized carbons (Fsp3) is 0.250. The van der Waals surface area contributed by atoms with E-state index in [1.54, 1.807) is 55.0 Å². The van der Waals surface area contributed by atoms with Crippen LogP contribution < -0.4 is 5.32 Å². The zero-order valence-corrected chi connectivity index (χ0v) is 26.1. The normalized spacial score (nSPS) is 11.0.